The Morgan fingerprint density at radius 2 is 2.00 bits per heavy atom. The Kier molecular flexibility index (Phi) is 10.3. The molecule has 0 fully saturated rings. The van der Waals surface area contributed by atoms with Crippen molar-refractivity contribution in [2.75, 3.05) is 32.8 Å². The fourth-order valence-electron chi connectivity index (χ4n) is 1.26. The van der Waals surface area contributed by atoms with Crippen LogP contribution in [0.1, 0.15) is 27.2 Å². The van der Waals surface area contributed by atoms with Crippen LogP contribution in [0.3, 0.4) is 0 Å². The largest absolute Gasteiger partial charge is 0.461 e. The van der Waals surface area contributed by atoms with Crippen LogP contribution in [0.4, 0.5) is 0 Å². The van der Waals surface area contributed by atoms with Crippen molar-refractivity contribution >= 4 is 11.9 Å². The van der Waals surface area contributed by atoms with Gasteiger partial charge < -0.3 is 20.1 Å². The smallest absolute Gasteiger partial charge is 0.302 e. The molecule has 0 aromatic rings. The predicted molar refractivity (Wildman–Crippen MR) is 68.2 cm³/mol. The highest BCUT2D eigenvalue weighted by Gasteiger charge is 2.07. The average molecular weight is 260 g/mol. The van der Waals surface area contributed by atoms with Crippen LogP contribution in [0, 0.1) is 0 Å². The molecular formula is C12H24N2O4. The van der Waals surface area contributed by atoms with Gasteiger partial charge in [0.25, 0.3) is 0 Å². The van der Waals surface area contributed by atoms with Gasteiger partial charge >= 0.3 is 5.97 Å². The molecule has 2 N–H and O–H groups in total. The van der Waals surface area contributed by atoms with Crippen LogP contribution in [0.15, 0.2) is 0 Å². The molecule has 0 bridgehead atoms. The van der Waals surface area contributed by atoms with Gasteiger partial charge in [-0.3, -0.25) is 9.59 Å². The van der Waals surface area contributed by atoms with Gasteiger partial charge in [-0.1, -0.05) is 6.92 Å². The number of amides is 1. The fourth-order valence-corrected chi connectivity index (χ4v) is 1.26. The van der Waals surface area contributed by atoms with E-state index in [1.807, 2.05) is 6.92 Å². The molecule has 6 nitrogen and oxygen atoms in total. The molecule has 106 valence electrons. The van der Waals surface area contributed by atoms with Crippen molar-refractivity contribution in [3.05, 3.63) is 0 Å². The lowest BCUT2D eigenvalue weighted by Gasteiger charge is -2.12. The molecule has 0 aliphatic rings. The van der Waals surface area contributed by atoms with E-state index in [0.717, 1.165) is 13.1 Å². The summed E-state index contributed by atoms with van der Waals surface area (Å²) in [4.78, 5) is 22.0. The van der Waals surface area contributed by atoms with Gasteiger partial charge in [0.05, 0.1) is 19.8 Å². The summed E-state index contributed by atoms with van der Waals surface area (Å²) in [5, 5.41) is 5.80. The summed E-state index contributed by atoms with van der Waals surface area (Å²) in [5.74, 6) is -0.444. The maximum atomic E-state index is 11.4. The van der Waals surface area contributed by atoms with Gasteiger partial charge in [-0.2, -0.15) is 0 Å². The van der Waals surface area contributed by atoms with Crippen molar-refractivity contribution in [1.82, 2.24) is 10.6 Å². The Morgan fingerprint density at radius 1 is 1.28 bits per heavy atom. The minimum atomic E-state index is -0.344. The third-order valence-electron chi connectivity index (χ3n) is 2.10. The van der Waals surface area contributed by atoms with E-state index in [1.54, 1.807) is 6.92 Å². The number of hydrogen-bond donors (Lipinski definition) is 2. The van der Waals surface area contributed by atoms with Gasteiger partial charge in [-0.05, 0) is 13.5 Å². The van der Waals surface area contributed by atoms with E-state index in [9.17, 15) is 9.59 Å². The summed E-state index contributed by atoms with van der Waals surface area (Å²) in [6.45, 7) is 8.14. The molecule has 0 heterocycles. The lowest BCUT2D eigenvalue weighted by molar-refractivity contribution is -0.145. The van der Waals surface area contributed by atoms with Crippen molar-refractivity contribution in [1.29, 1.82) is 0 Å². The second-order valence-electron chi connectivity index (χ2n) is 3.94. The molecule has 18 heavy (non-hydrogen) atoms. The monoisotopic (exact) mass is 260 g/mol. The number of hydrogen-bond acceptors (Lipinski definition) is 5. The Hall–Kier alpha value is -1.14. The SMILES string of the molecule is CCNCCOCCC(=O)NC[C@H](C)OC(C)=O. The molecular weight excluding hydrogens is 236 g/mol. The standard InChI is InChI=1S/C12H24N2O4/c1-4-13-6-8-17-7-5-12(16)14-9-10(2)18-11(3)15/h10,13H,4-9H2,1-3H3,(H,14,16)/t10-/m0/s1. The van der Waals surface area contributed by atoms with Gasteiger partial charge in [-0.15, -0.1) is 0 Å². The predicted octanol–water partition coefficient (Wildman–Crippen LogP) is 0.0704. The highest BCUT2D eigenvalue weighted by Crippen LogP contribution is 1.90. The number of carbonyl (C=O) groups is 2. The molecule has 0 aromatic heterocycles. The molecule has 0 aliphatic heterocycles. The number of nitrogens with one attached hydrogen (secondary N) is 2. The van der Waals surface area contributed by atoms with Crippen molar-refractivity contribution in [3.63, 3.8) is 0 Å². The maximum absolute atomic E-state index is 11.4. The molecule has 0 radical (unpaired) electrons. The first-order valence-electron chi connectivity index (χ1n) is 6.28. The average Bonchev–Trinajstić information content (AvgIpc) is 2.30. The third kappa shape index (κ3) is 11.3. The summed E-state index contributed by atoms with van der Waals surface area (Å²) in [6, 6.07) is 0. The highest BCUT2D eigenvalue weighted by molar-refractivity contribution is 5.76. The fraction of sp³-hybridized carbons (Fsp3) is 0.833. The summed E-state index contributed by atoms with van der Waals surface area (Å²) < 4.78 is 10.1. The van der Waals surface area contributed by atoms with E-state index < -0.39 is 0 Å². The Balaban J connectivity index is 3.40. The second-order valence-corrected chi connectivity index (χ2v) is 3.94. The van der Waals surface area contributed by atoms with Crippen LogP contribution in [-0.2, 0) is 19.1 Å². The van der Waals surface area contributed by atoms with Crippen molar-refractivity contribution < 1.29 is 19.1 Å². The van der Waals surface area contributed by atoms with Crippen LogP contribution in [0.2, 0.25) is 0 Å². The normalized spacial score (nSPS) is 11.9. The van der Waals surface area contributed by atoms with E-state index in [-0.39, 0.29) is 18.0 Å². The first-order valence-corrected chi connectivity index (χ1v) is 6.28. The summed E-state index contributed by atoms with van der Waals surface area (Å²) in [6.07, 6.45) is 0.0139. The summed E-state index contributed by atoms with van der Waals surface area (Å²) in [5.41, 5.74) is 0. The molecule has 0 unspecified atom stereocenters. The number of ether oxygens (including phenoxy) is 2. The van der Waals surface area contributed by atoms with Gasteiger partial charge in [0, 0.05) is 19.9 Å². The molecule has 0 saturated carbocycles. The van der Waals surface area contributed by atoms with E-state index in [4.69, 9.17) is 9.47 Å². The van der Waals surface area contributed by atoms with E-state index in [0.29, 0.717) is 26.2 Å². The number of rotatable bonds is 10. The number of likely N-dealkylation sites (N-methyl/N-ethyl adjacent to an activating group) is 1. The zero-order valence-corrected chi connectivity index (χ0v) is 11.5. The second kappa shape index (κ2) is 11.0. The minimum Gasteiger partial charge on any atom is -0.461 e. The van der Waals surface area contributed by atoms with E-state index in [1.165, 1.54) is 6.92 Å². The first kappa shape index (κ1) is 16.9. The van der Waals surface area contributed by atoms with Crippen LogP contribution in [-0.4, -0.2) is 50.8 Å². The first-order chi connectivity index (χ1) is 8.56. The molecule has 1 atom stereocenters. The summed E-state index contributed by atoms with van der Waals surface area (Å²) >= 11 is 0. The molecule has 0 aliphatic carbocycles. The third-order valence-corrected chi connectivity index (χ3v) is 2.10. The van der Waals surface area contributed by atoms with E-state index in [2.05, 4.69) is 10.6 Å². The molecule has 0 saturated heterocycles. The lowest BCUT2D eigenvalue weighted by atomic mass is 10.3. The maximum Gasteiger partial charge on any atom is 0.302 e. The van der Waals surface area contributed by atoms with Gasteiger partial charge in [-0.25, -0.2) is 0 Å². The number of carbonyl (C=O) groups excluding carboxylic acids is 2. The molecule has 0 spiro atoms. The summed E-state index contributed by atoms with van der Waals surface area (Å²) in [7, 11) is 0. The van der Waals surface area contributed by atoms with Crippen LogP contribution >= 0.6 is 0 Å². The topological polar surface area (TPSA) is 76.7 Å². The van der Waals surface area contributed by atoms with Gasteiger partial charge in [0.15, 0.2) is 0 Å². The van der Waals surface area contributed by atoms with Crippen molar-refractivity contribution in [2.45, 2.75) is 33.3 Å². The van der Waals surface area contributed by atoms with Crippen molar-refractivity contribution in [3.8, 4) is 0 Å². The Morgan fingerprint density at radius 3 is 2.61 bits per heavy atom. The molecule has 0 rings (SSSR count). The Labute approximate surface area is 108 Å². The van der Waals surface area contributed by atoms with Crippen LogP contribution in [0.25, 0.3) is 0 Å². The molecule has 6 heteroatoms. The quantitative estimate of drug-likeness (QED) is 0.429. The van der Waals surface area contributed by atoms with Crippen molar-refractivity contribution in [2.24, 2.45) is 0 Å². The van der Waals surface area contributed by atoms with Crippen LogP contribution in [0.5, 0.6) is 0 Å². The molecule has 1 amide bonds. The van der Waals surface area contributed by atoms with Crippen LogP contribution < -0.4 is 10.6 Å². The van der Waals surface area contributed by atoms with Gasteiger partial charge in [0.2, 0.25) is 5.91 Å². The zero-order valence-electron chi connectivity index (χ0n) is 11.5. The zero-order chi connectivity index (χ0) is 13.8. The number of esters is 1. The highest BCUT2D eigenvalue weighted by atomic mass is 16.5. The van der Waals surface area contributed by atoms with Gasteiger partial charge in [0.1, 0.15) is 6.10 Å². The Bertz CT molecular complexity index is 246. The molecule has 0 aromatic carbocycles. The minimum absolute atomic E-state index is 0.0996. The van der Waals surface area contributed by atoms with E-state index >= 15 is 0 Å². The lowest BCUT2D eigenvalue weighted by Crippen LogP contribution is -2.33.